The van der Waals surface area contributed by atoms with Crippen LogP contribution in [0.15, 0.2) is 116 Å². The molecule has 3 aromatic carbocycles. The number of unbranched alkanes of at least 4 members (excludes halogenated alkanes) is 5. The fourth-order valence-corrected chi connectivity index (χ4v) is 4.47. The number of nitrogens with zero attached hydrogens (tertiary/aromatic N) is 1. The van der Waals surface area contributed by atoms with E-state index in [0.717, 1.165) is 0 Å². The third-order valence-electron chi connectivity index (χ3n) is 6.30. The van der Waals surface area contributed by atoms with Gasteiger partial charge in [-0.3, -0.25) is 0 Å². The molecule has 34 heavy (non-hydrogen) atoms. The van der Waals surface area contributed by atoms with Gasteiger partial charge in [0.2, 0.25) is 6.71 Å². The van der Waals surface area contributed by atoms with Crippen molar-refractivity contribution in [2.45, 2.75) is 51.9 Å². The Morgan fingerprint density at radius 2 is 1.06 bits per heavy atom. The van der Waals surface area contributed by atoms with Crippen molar-refractivity contribution in [1.29, 1.82) is 0 Å². The van der Waals surface area contributed by atoms with Crippen molar-refractivity contribution in [1.82, 2.24) is 0 Å². The summed E-state index contributed by atoms with van der Waals surface area (Å²) >= 11 is 0. The smallest absolute Gasteiger partial charge is 0.208 e. The van der Waals surface area contributed by atoms with E-state index in [-0.39, 0.29) is 0 Å². The summed E-state index contributed by atoms with van der Waals surface area (Å²) < 4.78 is 2.00. The van der Waals surface area contributed by atoms with Crippen molar-refractivity contribution in [3.05, 3.63) is 121 Å². The number of pyridine rings is 1. The van der Waals surface area contributed by atoms with Gasteiger partial charge >= 0.3 is 0 Å². The third kappa shape index (κ3) is 8.34. The van der Waals surface area contributed by atoms with E-state index < -0.39 is 0 Å². The minimum absolute atomic E-state index is 0.309. The first-order valence-corrected chi connectivity index (χ1v) is 12.9. The number of aromatic nitrogens is 1. The highest BCUT2D eigenvalue weighted by molar-refractivity contribution is 6.95. The van der Waals surface area contributed by atoms with Gasteiger partial charge in [-0.15, -0.1) is 0 Å². The molecular formula is C32H39BN+. The Hall–Kier alpha value is -3.13. The van der Waals surface area contributed by atoms with Crippen LogP contribution in [0.4, 0.5) is 0 Å². The van der Waals surface area contributed by atoms with Crippen molar-refractivity contribution in [3.63, 3.8) is 0 Å². The molecule has 0 N–H and O–H groups in total. The quantitative estimate of drug-likeness (QED) is 0.169. The molecule has 1 nitrogen and oxygen atoms in total. The van der Waals surface area contributed by atoms with E-state index in [1.165, 1.54) is 66.9 Å². The summed E-state index contributed by atoms with van der Waals surface area (Å²) in [5.41, 5.74) is 5.72. The maximum absolute atomic E-state index is 2.33. The summed E-state index contributed by atoms with van der Waals surface area (Å²) in [7, 11) is 2.00. The number of aryl methyl sites for hydroxylation is 2. The van der Waals surface area contributed by atoms with Gasteiger partial charge in [-0.25, -0.2) is 4.57 Å². The summed E-state index contributed by atoms with van der Waals surface area (Å²) in [6.07, 6.45) is 13.3. The molecule has 0 bridgehead atoms. The predicted molar refractivity (Wildman–Crippen MR) is 149 cm³/mol. The normalized spacial score (nSPS) is 10.3. The second-order valence-electron chi connectivity index (χ2n) is 9.01. The minimum atomic E-state index is 0.309. The van der Waals surface area contributed by atoms with E-state index >= 15 is 0 Å². The first-order chi connectivity index (χ1) is 16.8. The Labute approximate surface area is 207 Å². The molecule has 1 aromatic heterocycles. The Kier molecular flexibility index (Phi) is 11.2. The standard InChI is InChI=1S/C26H31B.C6H8N/c1-2-3-4-5-6-9-16-23-17-14-15-22-26(23)27(24-18-10-7-11-19-24)25-20-12-8-13-21-25;1-7-5-3-2-4-6-7/h7-8,10-15,17-22H,2-6,9,16H2,1H3;2-6H,1H3/q;+1. The van der Waals surface area contributed by atoms with Crippen LogP contribution in [-0.2, 0) is 13.5 Å². The van der Waals surface area contributed by atoms with E-state index in [9.17, 15) is 0 Å². The summed E-state index contributed by atoms with van der Waals surface area (Å²) in [5, 5.41) is 0. The van der Waals surface area contributed by atoms with Crippen molar-refractivity contribution in [2.75, 3.05) is 0 Å². The molecule has 0 aliphatic carbocycles. The lowest BCUT2D eigenvalue weighted by Gasteiger charge is -2.19. The first-order valence-electron chi connectivity index (χ1n) is 12.9. The van der Waals surface area contributed by atoms with Gasteiger partial charge in [0.25, 0.3) is 0 Å². The SMILES string of the molecule is CCCCCCCCc1ccccc1B(c1ccccc1)c1ccccc1.C[n+]1ccccc1. The zero-order valence-electron chi connectivity index (χ0n) is 20.9. The Morgan fingerprint density at radius 1 is 0.559 bits per heavy atom. The van der Waals surface area contributed by atoms with Crippen molar-refractivity contribution in [3.8, 4) is 0 Å². The predicted octanol–water partition coefficient (Wildman–Crippen LogP) is 5.62. The van der Waals surface area contributed by atoms with Crippen LogP contribution in [0.2, 0.25) is 0 Å². The Morgan fingerprint density at radius 3 is 1.62 bits per heavy atom. The van der Waals surface area contributed by atoms with Crippen LogP contribution in [0.25, 0.3) is 0 Å². The lowest BCUT2D eigenvalue weighted by Crippen LogP contribution is -2.53. The largest absolute Gasteiger partial charge is 0.241 e. The molecule has 4 rings (SSSR count). The molecule has 1 heterocycles. The third-order valence-corrected chi connectivity index (χ3v) is 6.30. The monoisotopic (exact) mass is 448 g/mol. The average molecular weight is 448 g/mol. The molecule has 2 heteroatoms. The van der Waals surface area contributed by atoms with Crippen molar-refractivity contribution in [2.24, 2.45) is 7.05 Å². The maximum Gasteiger partial charge on any atom is 0.241 e. The van der Waals surface area contributed by atoms with Gasteiger partial charge in [-0.2, -0.15) is 0 Å². The minimum Gasteiger partial charge on any atom is -0.208 e. The molecule has 174 valence electrons. The topological polar surface area (TPSA) is 3.88 Å². The fourth-order valence-electron chi connectivity index (χ4n) is 4.47. The van der Waals surface area contributed by atoms with Crippen LogP contribution < -0.4 is 21.0 Å². The van der Waals surface area contributed by atoms with Gasteiger partial charge in [0.1, 0.15) is 7.05 Å². The number of benzene rings is 3. The van der Waals surface area contributed by atoms with E-state index in [2.05, 4.69) is 91.9 Å². The highest BCUT2D eigenvalue weighted by Gasteiger charge is 2.23. The molecule has 0 fully saturated rings. The van der Waals surface area contributed by atoms with Gasteiger partial charge in [0, 0.05) is 12.1 Å². The Balaban J connectivity index is 0.000000396. The number of hydrogen-bond donors (Lipinski definition) is 0. The van der Waals surface area contributed by atoms with E-state index in [1.54, 1.807) is 0 Å². The molecule has 0 spiro atoms. The molecule has 0 saturated heterocycles. The summed E-state index contributed by atoms with van der Waals surface area (Å²) in [5.74, 6) is 0. The molecule has 0 aliphatic heterocycles. The zero-order valence-corrected chi connectivity index (χ0v) is 20.9. The molecule has 0 atom stereocenters. The second-order valence-corrected chi connectivity index (χ2v) is 9.01. The molecule has 0 unspecified atom stereocenters. The van der Waals surface area contributed by atoms with Crippen LogP contribution in [0.3, 0.4) is 0 Å². The molecular weight excluding hydrogens is 409 g/mol. The maximum atomic E-state index is 2.33. The fraction of sp³-hybridized carbons (Fsp3) is 0.281. The van der Waals surface area contributed by atoms with Crippen LogP contribution in [0.5, 0.6) is 0 Å². The van der Waals surface area contributed by atoms with E-state index in [0.29, 0.717) is 6.71 Å². The lowest BCUT2D eigenvalue weighted by atomic mass is 9.36. The van der Waals surface area contributed by atoms with Gasteiger partial charge in [0.15, 0.2) is 12.4 Å². The summed E-state index contributed by atoms with van der Waals surface area (Å²) in [6.45, 7) is 2.59. The van der Waals surface area contributed by atoms with Gasteiger partial charge in [0.05, 0.1) is 0 Å². The molecule has 0 aliphatic rings. The molecule has 4 aromatic rings. The van der Waals surface area contributed by atoms with Crippen LogP contribution in [0, 0.1) is 0 Å². The van der Waals surface area contributed by atoms with Gasteiger partial charge in [-0.05, 0) is 12.8 Å². The first kappa shape index (κ1) is 25.5. The van der Waals surface area contributed by atoms with Gasteiger partial charge < -0.3 is 0 Å². The number of rotatable bonds is 10. The lowest BCUT2D eigenvalue weighted by molar-refractivity contribution is -0.671. The summed E-state index contributed by atoms with van der Waals surface area (Å²) in [6, 6.07) is 36.9. The Bertz CT molecular complexity index is 1010. The molecule has 0 radical (unpaired) electrons. The van der Waals surface area contributed by atoms with Crippen LogP contribution in [-0.4, -0.2) is 6.71 Å². The van der Waals surface area contributed by atoms with Crippen molar-refractivity contribution < 1.29 is 4.57 Å². The summed E-state index contributed by atoms with van der Waals surface area (Å²) in [4.78, 5) is 0. The van der Waals surface area contributed by atoms with Gasteiger partial charge in [-0.1, -0.05) is 152 Å². The average Bonchev–Trinajstić information content (AvgIpc) is 2.89. The highest BCUT2D eigenvalue weighted by Crippen LogP contribution is 2.10. The molecule has 0 saturated carbocycles. The van der Waals surface area contributed by atoms with Crippen molar-refractivity contribution >= 4 is 23.1 Å². The van der Waals surface area contributed by atoms with Crippen LogP contribution >= 0.6 is 0 Å². The van der Waals surface area contributed by atoms with Crippen LogP contribution in [0.1, 0.15) is 51.0 Å². The van der Waals surface area contributed by atoms with E-state index in [1.807, 2.05) is 42.2 Å². The van der Waals surface area contributed by atoms with E-state index in [4.69, 9.17) is 0 Å². The highest BCUT2D eigenvalue weighted by atomic mass is 14.9. The molecule has 0 amide bonds. The second kappa shape index (κ2) is 14.9. The number of hydrogen-bond acceptors (Lipinski definition) is 0. The zero-order chi connectivity index (χ0) is 23.8.